The van der Waals surface area contributed by atoms with Gasteiger partial charge in [0.1, 0.15) is 5.60 Å². The molecule has 2 atom stereocenters. The van der Waals surface area contributed by atoms with Gasteiger partial charge in [-0.15, -0.1) is 0 Å². The third-order valence-corrected chi connectivity index (χ3v) is 3.87. The molecule has 2 rings (SSSR count). The van der Waals surface area contributed by atoms with Crippen molar-refractivity contribution in [3.8, 4) is 0 Å². The summed E-state index contributed by atoms with van der Waals surface area (Å²) in [4.78, 5) is 16.4. The van der Waals surface area contributed by atoms with Gasteiger partial charge in [0.2, 0.25) is 0 Å². The molecule has 2 aliphatic rings. The summed E-state index contributed by atoms with van der Waals surface area (Å²) >= 11 is 0. The zero-order valence-electron chi connectivity index (χ0n) is 13.7. The van der Waals surface area contributed by atoms with E-state index in [4.69, 9.17) is 9.47 Å². The van der Waals surface area contributed by atoms with Crippen molar-refractivity contribution in [2.75, 3.05) is 45.9 Å². The lowest BCUT2D eigenvalue weighted by atomic mass is 10.1. The second-order valence-corrected chi connectivity index (χ2v) is 7.00. The van der Waals surface area contributed by atoms with Crippen LogP contribution in [-0.2, 0) is 9.47 Å². The molecule has 0 spiro atoms. The summed E-state index contributed by atoms with van der Waals surface area (Å²) in [6.07, 6.45) is -0.205. The third kappa shape index (κ3) is 5.13. The molecule has 0 saturated carbocycles. The topological polar surface area (TPSA) is 54.0 Å². The van der Waals surface area contributed by atoms with Gasteiger partial charge in [0.15, 0.2) is 0 Å². The Morgan fingerprint density at radius 1 is 1.38 bits per heavy atom. The number of morpholine rings is 1. The van der Waals surface area contributed by atoms with Gasteiger partial charge in [0, 0.05) is 44.8 Å². The Balaban J connectivity index is 1.84. The van der Waals surface area contributed by atoms with Crippen molar-refractivity contribution in [3.63, 3.8) is 0 Å². The average Bonchev–Trinajstić information content (AvgIpc) is 2.40. The minimum atomic E-state index is -0.434. The van der Waals surface area contributed by atoms with Crippen LogP contribution >= 0.6 is 0 Å². The first-order chi connectivity index (χ1) is 9.85. The smallest absolute Gasteiger partial charge is 0.410 e. The molecule has 1 N–H and O–H groups in total. The maximum absolute atomic E-state index is 12.2. The average molecular weight is 299 g/mol. The fourth-order valence-electron chi connectivity index (χ4n) is 2.76. The van der Waals surface area contributed by atoms with E-state index in [1.54, 1.807) is 0 Å². The second kappa shape index (κ2) is 6.94. The molecule has 0 aliphatic carbocycles. The summed E-state index contributed by atoms with van der Waals surface area (Å²) in [6.45, 7) is 13.6. The van der Waals surface area contributed by atoms with Crippen LogP contribution in [0.5, 0.6) is 0 Å². The Morgan fingerprint density at radius 3 is 2.81 bits per heavy atom. The maximum Gasteiger partial charge on any atom is 0.410 e. The summed E-state index contributed by atoms with van der Waals surface area (Å²) in [5, 5.41) is 3.50. The van der Waals surface area contributed by atoms with Crippen molar-refractivity contribution in [1.82, 2.24) is 15.1 Å². The molecular weight excluding hydrogens is 270 g/mol. The van der Waals surface area contributed by atoms with Crippen LogP contribution in [0.1, 0.15) is 27.7 Å². The third-order valence-electron chi connectivity index (χ3n) is 3.87. The normalized spacial score (nSPS) is 28.5. The minimum absolute atomic E-state index is 0.205. The number of piperazine rings is 1. The summed E-state index contributed by atoms with van der Waals surface area (Å²) < 4.78 is 10.9. The molecule has 6 nitrogen and oxygen atoms in total. The van der Waals surface area contributed by atoms with E-state index < -0.39 is 5.60 Å². The van der Waals surface area contributed by atoms with Crippen molar-refractivity contribution in [3.05, 3.63) is 0 Å². The highest BCUT2D eigenvalue weighted by Crippen LogP contribution is 2.13. The number of amides is 1. The Kier molecular flexibility index (Phi) is 5.46. The lowest BCUT2D eigenvalue weighted by Gasteiger charge is -2.40. The molecule has 2 fully saturated rings. The SMILES string of the molecule is C[C@H]1COCCN1C[C@H]1CN(C(=O)OC(C)(C)C)CCN1. The number of ether oxygens (including phenoxy) is 2. The lowest BCUT2D eigenvalue weighted by molar-refractivity contribution is -0.0112. The van der Waals surface area contributed by atoms with Gasteiger partial charge in [-0.2, -0.15) is 0 Å². The van der Waals surface area contributed by atoms with E-state index in [1.165, 1.54) is 0 Å². The van der Waals surface area contributed by atoms with Crippen LogP contribution in [-0.4, -0.2) is 79.5 Å². The standard InChI is InChI=1S/C15H29N3O3/c1-12-11-20-8-7-17(12)9-13-10-18(6-5-16-13)14(19)21-15(2,3)4/h12-13,16H,5-11H2,1-4H3/t12-,13-/m0/s1. The summed E-state index contributed by atoms with van der Waals surface area (Å²) in [5.41, 5.74) is -0.434. The van der Waals surface area contributed by atoms with Crippen molar-refractivity contribution in [1.29, 1.82) is 0 Å². The van der Waals surface area contributed by atoms with Crippen LogP contribution in [0.2, 0.25) is 0 Å². The van der Waals surface area contributed by atoms with Crippen LogP contribution in [0.3, 0.4) is 0 Å². The maximum atomic E-state index is 12.2. The van der Waals surface area contributed by atoms with Crippen LogP contribution in [0.4, 0.5) is 4.79 Å². The number of nitrogens with zero attached hydrogens (tertiary/aromatic N) is 2. The molecule has 6 heteroatoms. The predicted octanol–water partition coefficient (Wildman–Crippen LogP) is 0.916. The number of hydrogen-bond acceptors (Lipinski definition) is 5. The van der Waals surface area contributed by atoms with E-state index >= 15 is 0 Å². The number of nitrogens with one attached hydrogen (secondary N) is 1. The monoisotopic (exact) mass is 299 g/mol. The molecule has 1 amide bonds. The van der Waals surface area contributed by atoms with E-state index in [9.17, 15) is 4.79 Å². The first-order valence-electron chi connectivity index (χ1n) is 7.88. The Labute approximate surface area is 127 Å². The zero-order valence-corrected chi connectivity index (χ0v) is 13.7. The molecule has 21 heavy (non-hydrogen) atoms. The van der Waals surface area contributed by atoms with Crippen molar-refractivity contribution in [2.24, 2.45) is 0 Å². The van der Waals surface area contributed by atoms with Crippen molar-refractivity contribution < 1.29 is 14.3 Å². The highest BCUT2D eigenvalue weighted by molar-refractivity contribution is 5.68. The summed E-state index contributed by atoms with van der Waals surface area (Å²) in [5.74, 6) is 0. The van der Waals surface area contributed by atoms with Crippen LogP contribution in [0.25, 0.3) is 0 Å². The number of hydrogen-bond donors (Lipinski definition) is 1. The molecular formula is C15H29N3O3. The number of carbonyl (C=O) groups is 1. The lowest BCUT2D eigenvalue weighted by Crippen LogP contribution is -2.59. The molecule has 0 aromatic heterocycles. The molecule has 2 aliphatic heterocycles. The minimum Gasteiger partial charge on any atom is -0.444 e. The summed E-state index contributed by atoms with van der Waals surface area (Å²) in [6, 6.07) is 0.740. The van der Waals surface area contributed by atoms with Gasteiger partial charge in [-0.1, -0.05) is 0 Å². The quantitative estimate of drug-likeness (QED) is 0.821. The fraction of sp³-hybridized carbons (Fsp3) is 0.933. The first-order valence-corrected chi connectivity index (χ1v) is 7.88. The van der Waals surface area contributed by atoms with Gasteiger partial charge in [-0.05, 0) is 27.7 Å². The second-order valence-electron chi connectivity index (χ2n) is 7.00. The number of rotatable bonds is 2. The molecule has 2 heterocycles. The fourth-order valence-corrected chi connectivity index (χ4v) is 2.76. The molecule has 0 aromatic carbocycles. The molecule has 0 unspecified atom stereocenters. The van der Waals surface area contributed by atoms with E-state index in [0.29, 0.717) is 25.2 Å². The van der Waals surface area contributed by atoms with Gasteiger partial charge >= 0.3 is 6.09 Å². The Hall–Kier alpha value is -0.850. The Morgan fingerprint density at radius 2 is 2.14 bits per heavy atom. The largest absolute Gasteiger partial charge is 0.444 e. The van der Waals surface area contributed by atoms with Gasteiger partial charge in [0.25, 0.3) is 0 Å². The molecule has 0 radical (unpaired) electrons. The van der Waals surface area contributed by atoms with Crippen molar-refractivity contribution >= 4 is 6.09 Å². The van der Waals surface area contributed by atoms with Gasteiger partial charge in [0.05, 0.1) is 13.2 Å². The number of carbonyl (C=O) groups excluding carboxylic acids is 1. The predicted molar refractivity (Wildman–Crippen MR) is 81.5 cm³/mol. The van der Waals surface area contributed by atoms with E-state index in [0.717, 1.165) is 32.8 Å². The molecule has 0 bridgehead atoms. The van der Waals surface area contributed by atoms with Crippen molar-refractivity contribution in [2.45, 2.75) is 45.4 Å². The van der Waals surface area contributed by atoms with Crippen LogP contribution in [0.15, 0.2) is 0 Å². The van der Waals surface area contributed by atoms with Crippen LogP contribution < -0.4 is 5.32 Å². The first kappa shape index (κ1) is 16.5. The summed E-state index contributed by atoms with van der Waals surface area (Å²) in [7, 11) is 0. The Bertz CT molecular complexity index is 357. The molecule has 122 valence electrons. The molecule has 0 aromatic rings. The van der Waals surface area contributed by atoms with E-state index in [2.05, 4.69) is 17.1 Å². The van der Waals surface area contributed by atoms with Gasteiger partial charge in [-0.25, -0.2) is 4.79 Å². The highest BCUT2D eigenvalue weighted by atomic mass is 16.6. The van der Waals surface area contributed by atoms with Crippen LogP contribution in [0, 0.1) is 0 Å². The highest BCUT2D eigenvalue weighted by Gasteiger charge is 2.29. The van der Waals surface area contributed by atoms with Gasteiger partial charge < -0.3 is 19.7 Å². The molecule has 2 saturated heterocycles. The van der Waals surface area contributed by atoms with E-state index in [-0.39, 0.29) is 6.09 Å². The van der Waals surface area contributed by atoms with Gasteiger partial charge in [-0.3, -0.25) is 4.90 Å². The van der Waals surface area contributed by atoms with E-state index in [1.807, 2.05) is 25.7 Å². The zero-order chi connectivity index (χ0) is 15.5.